The molecule has 2 heterocycles. The summed E-state index contributed by atoms with van der Waals surface area (Å²) in [6.07, 6.45) is 5.06. The molecule has 0 bridgehead atoms. The van der Waals surface area contributed by atoms with E-state index in [1.807, 2.05) is 35.8 Å². The Hall–Kier alpha value is -3.22. The zero-order valence-corrected chi connectivity index (χ0v) is 15.8. The number of imidazole rings is 1. The number of anilines is 1. The van der Waals surface area contributed by atoms with Gasteiger partial charge in [-0.1, -0.05) is 12.1 Å². The summed E-state index contributed by atoms with van der Waals surface area (Å²) < 4.78 is 2.00. The van der Waals surface area contributed by atoms with Crippen LogP contribution in [0.15, 0.2) is 49.2 Å². The molecule has 0 aliphatic heterocycles. The van der Waals surface area contributed by atoms with Gasteiger partial charge in [0.2, 0.25) is 0 Å². The number of rotatable bonds is 7. The summed E-state index contributed by atoms with van der Waals surface area (Å²) in [5, 5.41) is 6.21. The lowest BCUT2D eigenvalue weighted by Gasteiger charge is -2.11. The van der Waals surface area contributed by atoms with Crippen molar-refractivity contribution in [2.45, 2.75) is 39.9 Å². The Morgan fingerprint density at radius 2 is 2.07 bits per heavy atom. The molecule has 0 saturated carbocycles. The van der Waals surface area contributed by atoms with Crippen molar-refractivity contribution in [2.24, 2.45) is 0 Å². The molecule has 27 heavy (non-hydrogen) atoms. The van der Waals surface area contributed by atoms with Gasteiger partial charge in [-0.3, -0.25) is 4.79 Å². The number of nitrogens with zero attached hydrogens (tertiary/aromatic N) is 4. The van der Waals surface area contributed by atoms with Gasteiger partial charge in [0.25, 0.3) is 5.91 Å². The van der Waals surface area contributed by atoms with E-state index in [0.717, 1.165) is 29.3 Å². The standard InChI is InChI=1S/C20H24N6O/c1-4-26-13-21-10-17(26)11-22-20(27)16-7-5-6-15(8-16)18-9-19(24-12-23-18)25-14(2)3/h5-10,12-14H,4,11H2,1-3H3,(H,22,27)(H,23,24,25). The van der Waals surface area contributed by atoms with Crippen molar-refractivity contribution < 1.29 is 4.79 Å². The smallest absolute Gasteiger partial charge is 0.251 e. The maximum absolute atomic E-state index is 12.5. The Morgan fingerprint density at radius 1 is 1.22 bits per heavy atom. The normalized spacial score (nSPS) is 10.8. The molecular formula is C20H24N6O. The quantitative estimate of drug-likeness (QED) is 0.673. The fourth-order valence-electron chi connectivity index (χ4n) is 2.76. The third-order valence-electron chi connectivity index (χ3n) is 4.09. The molecule has 0 fully saturated rings. The van der Waals surface area contributed by atoms with Gasteiger partial charge in [0.05, 0.1) is 24.3 Å². The van der Waals surface area contributed by atoms with E-state index >= 15 is 0 Å². The third kappa shape index (κ3) is 4.69. The summed E-state index contributed by atoms with van der Waals surface area (Å²) in [5.74, 6) is 0.632. The van der Waals surface area contributed by atoms with Crippen LogP contribution in [0.3, 0.4) is 0 Å². The number of hydrogen-bond acceptors (Lipinski definition) is 5. The van der Waals surface area contributed by atoms with Gasteiger partial charge in [0.1, 0.15) is 12.1 Å². The van der Waals surface area contributed by atoms with E-state index in [2.05, 4.69) is 39.4 Å². The second kappa shape index (κ2) is 8.44. The molecule has 0 atom stereocenters. The molecule has 2 aromatic heterocycles. The first kappa shape index (κ1) is 18.6. The zero-order chi connectivity index (χ0) is 19.2. The predicted molar refractivity (Wildman–Crippen MR) is 105 cm³/mol. The molecular weight excluding hydrogens is 340 g/mol. The number of nitrogens with one attached hydrogen (secondary N) is 2. The Kier molecular flexibility index (Phi) is 5.80. The Labute approximate surface area is 158 Å². The van der Waals surface area contributed by atoms with E-state index in [1.54, 1.807) is 18.6 Å². The molecule has 2 N–H and O–H groups in total. The minimum atomic E-state index is -0.129. The van der Waals surface area contributed by atoms with Gasteiger partial charge in [0, 0.05) is 36.0 Å². The Bertz CT molecular complexity index is 918. The summed E-state index contributed by atoms with van der Waals surface area (Å²) in [6, 6.07) is 9.60. The first-order chi connectivity index (χ1) is 13.1. The highest BCUT2D eigenvalue weighted by molar-refractivity contribution is 5.95. The first-order valence-electron chi connectivity index (χ1n) is 9.03. The second-order valence-electron chi connectivity index (χ2n) is 6.52. The third-order valence-corrected chi connectivity index (χ3v) is 4.09. The van der Waals surface area contributed by atoms with Gasteiger partial charge in [0.15, 0.2) is 0 Å². The SMILES string of the molecule is CCn1cncc1CNC(=O)c1cccc(-c2cc(NC(C)C)ncn2)c1. The monoisotopic (exact) mass is 364 g/mol. The van der Waals surface area contributed by atoms with Crippen LogP contribution in [-0.2, 0) is 13.1 Å². The summed E-state index contributed by atoms with van der Waals surface area (Å²) in [4.78, 5) is 25.2. The zero-order valence-electron chi connectivity index (χ0n) is 15.8. The highest BCUT2D eigenvalue weighted by atomic mass is 16.1. The van der Waals surface area contributed by atoms with Crippen molar-refractivity contribution in [2.75, 3.05) is 5.32 Å². The van der Waals surface area contributed by atoms with Gasteiger partial charge in [-0.05, 0) is 32.9 Å². The molecule has 7 nitrogen and oxygen atoms in total. The molecule has 3 aromatic rings. The molecule has 1 aromatic carbocycles. The van der Waals surface area contributed by atoms with Crippen LogP contribution in [0.1, 0.15) is 36.8 Å². The van der Waals surface area contributed by atoms with Crippen LogP contribution in [0.4, 0.5) is 5.82 Å². The lowest BCUT2D eigenvalue weighted by molar-refractivity contribution is 0.0950. The van der Waals surface area contributed by atoms with E-state index < -0.39 is 0 Å². The molecule has 7 heteroatoms. The van der Waals surface area contributed by atoms with Gasteiger partial charge in [-0.2, -0.15) is 0 Å². The van der Waals surface area contributed by atoms with Gasteiger partial charge in [-0.25, -0.2) is 15.0 Å². The van der Waals surface area contributed by atoms with Gasteiger partial charge < -0.3 is 15.2 Å². The number of aromatic nitrogens is 4. The maximum Gasteiger partial charge on any atom is 0.251 e. The van der Waals surface area contributed by atoms with Crippen LogP contribution in [0, 0.1) is 0 Å². The fraction of sp³-hybridized carbons (Fsp3) is 0.300. The molecule has 0 aliphatic rings. The molecule has 1 amide bonds. The number of carbonyl (C=O) groups is 1. The van der Waals surface area contributed by atoms with E-state index in [0.29, 0.717) is 12.1 Å². The Morgan fingerprint density at radius 3 is 2.85 bits per heavy atom. The van der Waals surface area contributed by atoms with Crippen LogP contribution >= 0.6 is 0 Å². The molecule has 0 unspecified atom stereocenters. The van der Waals surface area contributed by atoms with Crippen molar-refractivity contribution in [3.05, 3.63) is 60.4 Å². The van der Waals surface area contributed by atoms with Crippen LogP contribution in [0.2, 0.25) is 0 Å². The molecule has 0 radical (unpaired) electrons. The summed E-state index contributed by atoms with van der Waals surface area (Å²) >= 11 is 0. The predicted octanol–water partition coefficient (Wildman–Crippen LogP) is 3.11. The molecule has 0 saturated heterocycles. The molecule has 0 aliphatic carbocycles. The van der Waals surface area contributed by atoms with Crippen molar-refractivity contribution in [1.82, 2.24) is 24.8 Å². The van der Waals surface area contributed by atoms with E-state index in [1.165, 1.54) is 6.33 Å². The average Bonchev–Trinajstić information content (AvgIpc) is 3.13. The average molecular weight is 364 g/mol. The van der Waals surface area contributed by atoms with Crippen molar-refractivity contribution in [1.29, 1.82) is 0 Å². The topological polar surface area (TPSA) is 84.7 Å². The van der Waals surface area contributed by atoms with Crippen LogP contribution in [0.25, 0.3) is 11.3 Å². The fourth-order valence-corrected chi connectivity index (χ4v) is 2.76. The lowest BCUT2D eigenvalue weighted by atomic mass is 10.1. The summed E-state index contributed by atoms with van der Waals surface area (Å²) in [7, 11) is 0. The largest absolute Gasteiger partial charge is 0.368 e. The number of hydrogen-bond donors (Lipinski definition) is 2. The van der Waals surface area contributed by atoms with Crippen molar-refractivity contribution >= 4 is 11.7 Å². The van der Waals surface area contributed by atoms with Crippen LogP contribution < -0.4 is 10.6 Å². The number of aryl methyl sites for hydroxylation is 1. The number of amides is 1. The van der Waals surface area contributed by atoms with Gasteiger partial charge in [-0.15, -0.1) is 0 Å². The summed E-state index contributed by atoms with van der Waals surface area (Å²) in [5.41, 5.74) is 3.21. The first-order valence-corrected chi connectivity index (χ1v) is 9.03. The molecule has 3 rings (SSSR count). The van der Waals surface area contributed by atoms with E-state index in [9.17, 15) is 4.79 Å². The minimum Gasteiger partial charge on any atom is -0.368 e. The van der Waals surface area contributed by atoms with Crippen molar-refractivity contribution in [3.8, 4) is 11.3 Å². The Balaban J connectivity index is 1.74. The maximum atomic E-state index is 12.5. The number of benzene rings is 1. The second-order valence-corrected chi connectivity index (χ2v) is 6.52. The highest BCUT2D eigenvalue weighted by Gasteiger charge is 2.10. The lowest BCUT2D eigenvalue weighted by Crippen LogP contribution is -2.24. The van der Waals surface area contributed by atoms with Crippen molar-refractivity contribution in [3.63, 3.8) is 0 Å². The summed E-state index contributed by atoms with van der Waals surface area (Å²) in [6.45, 7) is 7.41. The van der Waals surface area contributed by atoms with E-state index in [4.69, 9.17) is 0 Å². The number of carbonyl (C=O) groups excluding carboxylic acids is 1. The molecule has 140 valence electrons. The van der Waals surface area contributed by atoms with Gasteiger partial charge >= 0.3 is 0 Å². The van der Waals surface area contributed by atoms with Crippen LogP contribution in [-0.4, -0.2) is 31.5 Å². The van der Waals surface area contributed by atoms with E-state index in [-0.39, 0.29) is 11.9 Å². The molecule has 0 spiro atoms. The minimum absolute atomic E-state index is 0.129. The highest BCUT2D eigenvalue weighted by Crippen LogP contribution is 2.20. The van der Waals surface area contributed by atoms with Crippen LogP contribution in [0.5, 0.6) is 0 Å².